The van der Waals surface area contributed by atoms with Crippen LogP contribution in [0.15, 0.2) is 63.1 Å². The molecule has 1 saturated heterocycles. The molecule has 1 atom stereocenters. The van der Waals surface area contributed by atoms with Crippen molar-refractivity contribution < 1.29 is 17.6 Å². The van der Waals surface area contributed by atoms with Gasteiger partial charge < -0.3 is 9.73 Å². The minimum atomic E-state index is -3.54. The summed E-state index contributed by atoms with van der Waals surface area (Å²) < 4.78 is 33.0. The zero-order chi connectivity index (χ0) is 23.4. The van der Waals surface area contributed by atoms with Crippen LogP contribution in [0.2, 0.25) is 0 Å². The van der Waals surface area contributed by atoms with E-state index in [-0.39, 0.29) is 22.6 Å². The molecule has 0 aliphatic carbocycles. The molecule has 33 heavy (non-hydrogen) atoms. The van der Waals surface area contributed by atoms with Crippen LogP contribution in [0.3, 0.4) is 0 Å². The standard InChI is InChI=1S/C23H26N4O4S2/c1-16-6-8-18(9-7-16)22-25-26-23(31-22)32-15-21(28)24-19-10-12-20(13-11-19)33(29,30)27-14-4-3-5-17(27)2/h6-13,17H,3-5,14-15H2,1-2H3,(H,24,28)/t17-/m1/s1. The van der Waals surface area contributed by atoms with E-state index in [1.54, 1.807) is 16.4 Å². The second-order valence-electron chi connectivity index (χ2n) is 8.06. The summed E-state index contributed by atoms with van der Waals surface area (Å²) in [6.45, 7) is 4.48. The highest BCUT2D eigenvalue weighted by Gasteiger charge is 2.30. The summed E-state index contributed by atoms with van der Waals surface area (Å²) >= 11 is 1.14. The zero-order valence-electron chi connectivity index (χ0n) is 18.5. The Labute approximate surface area is 197 Å². The zero-order valence-corrected chi connectivity index (χ0v) is 20.2. The van der Waals surface area contributed by atoms with Crippen LogP contribution in [-0.2, 0) is 14.8 Å². The van der Waals surface area contributed by atoms with Crippen molar-refractivity contribution in [3.63, 3.8) is 0 Å². The lowest BCUT2D eigenvalue weighted by atomic mass is 10.1. The third-order valence-electron chi connectivity index (χ3n) is 5.52. The number of benzene rings is 2. The van der Waals surface area contributed by atoms with Crippen LogP contribution in [0.5, 0.6) is 0 Å². The van der Waals surface area contributed by atoms with Crippen LogP contribution < -0.4 is 5.32 Å². The number of hydrogen-bond donors (Lipinski definition) is 1. The molecule has 1 aromatic heterocycles. The Balaban J connectivity index is 1.32. The molecule has 3 aromatic rings. The van der Waals surface area contributed by atoms with Crippen LogP contribution in [0.1, 0.15) is 31.7 Å². The smallest absolute Gasteiger partial charge is 0.277 e. The van der Waals surface area contributed by atoms with Crippen molar-refractivity contribution in [1.82, 2.24) is 14.5 Å². The summed E-state index contributed by atoms with van der Waals surface area (Å²) in [6.07, 6.45) is 2.80. The normalized spacial score (nSPS) is 17.1. The number of sulfonamides is 1. The average molecular weight is 487 g/mol. The van der Waals surface area contributed by atoms with Gasteiger partial charge in [0, 0.05) is 23.8 Å². The van der Waals surface area contributed by atoms with Crippen molar-refractivity contribution in [3.05, 3.63) is 54.1 Å². The lowest BCUT2D eigenvalue weighted by molar-refractivity contribution is -0.113. The van der Waals surface area contributed by atoms with E-state index in [4.69, 9.17) is 4.42 Å². The summed E-state index contributed by atoms with van der Waals surface area (Å²) in [7, 11) is -3.54. The Hall–Kier alpha value is -2.69. The number of thioether (sulfide) groups is 1. The van der Waals surface area contributed by atoms with Crippen molar-refractivity contribution in [2.45, 2.75) is 49.3 Å². The molecule has 1 amide bonds. The molecular formula is C23H26N4O4S2. The molecule has 0 unspecified atom stereocenters. The van der Waals surface area contributed by atoms with E-state index in [0.717, 1.165) is 42.2 Å². The van der Waals surface area contributed by atoms with Crippen molar-refractivity contribution in [3.8, 4) is 11.5 Å². The number of nitrogens with one attached hydrogen (secondary N) is 1. The lowest BCUT2D eigenvalue weighted by Gasteiger charge is -2.32. The highest BCUT2D eigenvalue weighted by molar-refractivity contribution is 7.99. The Kier molecular flexibility index (Phi) is 7.16. The van der Waals surface area contributed by atoms with E-state index in [0.29, 0.717) is 23.3 Å². The van der Waals surface area contributed by atoms with Crippen LogP contribution in [-0.4, -0.2) is 47.2 Å². The fourth-order valence-corrected chi connectivity index (χ4v) is 5.94. The van der Waals surface area contributed by atoms with Crippen LogP contribution >= 0.6 is 11.8 Å². The minimum absolute atomic E-state index is 0.00335. The average Bonchev–Trinajstić information content (AvgIpc) is 3.28. The maximum Gasteiger partial charge on any atom is 0.277 e. The van der Waals surface area contributed by atoms with Gasteiger partial charge in [0.2, 0.25) is 21.8 Å². The van der Waals surface area contributed by atoms with E-state index in [9.17, 15) is 13.2 Å². The third kappa shape index (κ3) is 5.63. The van der Waals surface area contributed by atoms with Gasteiger partial charge in [0.25, 0.3) is 5.22 Å². The molecule has 4 rings (SSSR count). The fraction of sp³-hybridized carbons (Fsp3) is 0.348. The largest absolute Gasteiger partial charge is 0.411 e. The van der Waals surface area contributed by atoms with Gasteiger partial charge in [0.05, 0.1) is 10.6 Å². The van der Waals surface area contributed by atoms with Gasteiger partial charge in [-0.1, -0.05) is 35.9 Å². The SMILES string of the molecule is Cc1ccc(-c2nnc(SCC(=O)Nc3ccc(S(=O)(=O)N4CCCC[C@H]4C)cc3)o2)cc1. The number of carbonyl (C=O) groups is 1. The number of amides is 1. The van der Waals surface area contributed by atoms with Crippen molar-refractivity contribution >= 4 is 33.4 Å². The van der Waals surface area contributed by atoms with Gasteiger partial charge in [-0.3, -0.25) is 4.79 Å². The lowest BCUT2D eigenvalue weighted by Crippen LogP contribution is -2.41. The molecular weight excluding hydrogens is 460 g/mol. The monoisotopic (exact) mass is 486 g/mol. The molecule has 1 aliphatic rings. The molecule has 10 heteroatoms. The van der Waals surface area contributed by atoms with E-state index in [1.165, 1.54) is 12.1 Å². The van der Waals surface area contributed by atoms with Crippen LogP contribution in [0.25, 0.3) is 11.5 Å². The molecule has 1 N–H and O–H groups in total. The molecule has 0 radical (unpaired) electrons. The number of rotatable bonds is 7. The van der Waals surface area contributed by atoms with Gasteiger partial charge in [0.1, 0.15) is 0 Å². The van der Waals surface area contributed by atoms with Crippen molar-refractivity contribution in [2.24, 2.45) is 0 Å². The first-order chi connectivity index (χ1) is 15.8. The summed E-state index contributed by atoms with van der Waals surface area (Å²) in [5.41, 5.74) is 2.48. The van der Waals surface area contributed by atoms with Gasteiger partial charge in [-0.15, -0.1) is 10.2 Å². The van der Waals surface area contributed by atoms with Gasteiger partial charge in [-0.05, 0) is 63.1 Å². The van der Waals surface area contributed by atoms with E-state index in [2.05, 4.69) is 15.5 Å². The number of piperidine rings is 1. The Morgan fingerprint density at radius 2 is 1.85 bits per heavy atom. The van der Waals surface area contributed by atoms with Crippen molar-refractivity contribution in [1.29, 1.82) is 0 Å². The van der Waals surface area contributed by atoms with E-state index in [1.807, 2.05) is 38.1 Å². The summed E-state index contributed by atoms with van der Waals surface area (Å²) in [5, 5.41) is 11.1. The quantitative estimate of drug-likeness (QED) is 0.495. The summed E-state index contributed by atoms with van der Waals surface area (Å²) in [4.78, 5) is 12.6. The van der Waals surface area contributed by atoms with Gasteiger partial charge in [-0.2, -0.15) is 4.31 Å². The minimum Gasteiger partial charge on any atom is -0.411 e. The maximum absolute atomic E-state index is 12.9. The van der Waals surface area contributed by atoms with Gasteiger partial charge in [-0.25, -0.2) is 8.42 Å². The number of aryl methyl sites for hydroxylation is 1. The Bertz CT molecular complexity index is 1210. The number of aromatic nitrogens is 2. The van der Waals surface area contributed by atoms with E-state index >= 15 is 0 Å². The number of carbonyl (C=O) groups excluding carboxylic acids is 1. The summed E-state index contributed by atoms with van der Waals surface area (Å²) in [6, 6.07) is 14.0. The predicted octanol–water partition coefficient (Wildman–Crippen LogP) is 4.34. The number of anilines is 1. The third-order valence-corrected chi connectivity index (χ3v) is 8.36. The first-order valence-corrected chi connectivity index (χ1v) is 13.2. The number of nitrogens with zero attached hydrogens (tertiary/aromatic N) is 3. The van der Waals surface area contributed by atoms with Crippen LogP contribution in [0.4, 0.5) is 5.69 Å². The molecule has 2 aromatic carbocycles. The molecule has 0 bridgehead atoms. The highest BCUT2D eigenvalue weighted by Crippen LogP contribution is 2.26. The number of hydrogen-bond acceptors (Lipinski definition) is 7. The maximum atomic E-state index is 12.9. The second kappa shape index (κ2) is 10.1. The van der Waals surface area contributed by atoms with Gasteiger partial charge >= 0.3 is 0 Å². The fourth-order valence-electron chi connectivity index (χ4n) is 3.68. The topological polar surface area (TPSA) is 105 Å². The second-order valence-corrected chi connectivity index (χ2v) is 10.9. The first kappa shape index (κ1) is 23.5. The Morgan fingerprint density at radius 3 is 2.55 bits per heavy atom. The molecule has 1 fully saturated rings. The van der Waals surface area contributed by atoms with Crippen molar-refractivity contribution in [2.75, 3.05) is 17.6 Å². The predicted molar refractivity (Wildman–Crippen MR) is 127 cm³/mol. The molecule has 0 spiro atoms. The molecule has 1 aliphatic heterocycles. The van der Waals surface area contributed by atoms with Crippen LogP contribution in [0, 0.1) is 6.92 Å². The molecule has 174 valence electrons. The first-order valence-electron chi connectivity index (χ1n) is 10.8. The Morgan fingerprint density at radius 1 is 1.12 bits per heavy atom. The highest BCUT2D eigenvalue weighted by atomic mass is 32.2. The summed E-state index contributed by atoms with van der Waals surface area (Å²) in [5.74, 6) is 0.231. The molecule has 2 heterocycles. The van der Waals surface area contributed by atoms with E-state index < -0.39 is 10.0 Å². The van der Waals surface area contributed by atoms with Gasteiger partial charge in [0.15, 0.2) is 0 Å². The molecule has 8 nitrogen and oxygen atoms in total. The molecule has 0 saturated carbocycles.